The van der Waals surface area contributed by atoms with E-state index >= 15 is 0 Å². The van der Waals surface area contributed by atoms with Gasteiger partial charge in [0, 0.05) is 22.0 Å². The van der Waals surface area contributed by atoms with Crippen LogP contribution in [0.4, 0.5) is 5.69 Å². The summed E-state index contributed by atoms with van der Waals surface area (Å²) < 4.78 is 0. The third-order valence-corrected chi connectivity index (χ3v) is 3.97. The maximum absolute atomic E-state index is 4.45. The summed E-state index contributed by atoms with van der Waals surface area (Å²) in [5, 5.41) is 3.44. The third-order valence-electron chi connectivity index (χ3n) is 2.74. The topological polar surface area (TPSA) is 24.9 Å². The van der Waals surface area contributed by atoms with Gasteiger partial charge in [-0.15, -0.1) is 11.3 Å². The van der Waals surface area contributed by atoms with Crippen molar-refractivity contribution in [3.63, 3.8) is 0 Å². The minimum Gasteiger partial charge on any atom is -0.379 e. The van der Waals surface area contributed by atoms with E-state index in [-0.39, 0.29) is 0 Å². The van der Waals surface area contributed by atoms with Crippen LogP contribution in [0.2, 0.25) is 0 Å². The van der Waals surface area contributed by atoms with Crippen molar-refractivity contribution in [3.05, 3.63) is 45.4 Å². The van der Waals surface area contributed by atoms with Gasteiger partial charge in [-0.2, -0.15) is 0 Å². The number of hydrogen-bond acceptors (Lipinski definition) is 3. The lowest BCUT2D eigenvalue weighted by Gasteiger charge is -2.08. The van der Waals surface area contributed by atoms with Crippen molar-refractivity contribution in [3.8, 4) is 0 Å². The molecule has 2 aromatic heterocycles. The Bertz CT molecular complexity index is 503. The molecular weight excluding hydrogens is 228 g/mol. The average molecular weight is 246 g/mol. The van der Waals surface area contributed by atoms with Gasteiger partial charge in [0.05, 0.1) is 11.4 Å². The number of aromatic nitrogens is 1. The van der Waals surface area contributed by atoms with Gasteiger partial charge in [-0.25, -0.2) is 0 Å². The Morgan fingerprint density at radius 3 is 2.53 bits per heavy atom. The molecule has 0 atom stereocenters. The first-order chi connectivity index (χ1) is 8.19. The predicted octanol–water partition coefficient (Wildman–Crippen LogP) is 3.93. The molecule has 3 heteroatoms. The van der Waals surface area contributed by atoms with Gasteiger partial charge in [0.15, 0.2) is 0 Å². The zero-order valence-corrected chi connectivity index (χ0v) is 11.4. The van der Waals surface area contributed by atoms with Crippen LogP contribution in [0.5, 0.6) is 0 Å². The van der Waals surface area contributed by atoms with E-state index in [0.29, 0.717) is 0 Å². The second kappa shape index (κ2) is 5.32. The molecule has 0 aliphatic rings. The van der Waals surface area contributed by atoms with Crippen molar-refractivity contribution in [2.45, 2.75) is 33.7 Å². The van der Waals surface area contributed by atoms with Gasteiger partial charge in [0.25, 0.3) is 0 Å². The van der Waals surface area contributed by atoms with E-state index in [1.807, 2.05) is 31.3 Å². The van der Waals surface area contributed by atoms with Crippen LogP contribution in [0.15, 0.2) is 24.3 Å². The summed E-state index contributed by atoms with van der Waals surface area (Å²) in [5.74, 6) is 0. The summed E-state index contributed by atoms with van der Waals surface area (Å²) in [6, 6.07) is 8.56. The lowest BCUT2D eigenvalue weighted by atomic mass is 10.2. The van der Waals surface area contributed by atoms with Crippen LogP contribution in [0.1, 0.15) is 28.1 Å². The standard InChI is InChI=1S/C14H18N2S/c1-4-12-6-7-13(17-12)9-15-14-8-5-10(2)16-11(14)3/h5-8,15H,4,9H2,1-3H3. The Hall–Kier alpha value is -1.35. The molecule has 2 rings (SSSR count). The molecule has 0 aliphatic carbocycles. The Kier molecular flexibility index (Phi) is 3.79. The highest BCUT2D eigenvalue weighted by molar-refractivity contribution is 7.12. The quantitative estimate of drug-likeness (QED) is 0.884. The third kappa shape index (κ3) is 3.07. The largest absolute Gasteiger partial charge is 0.379 e. The molecular formula is C14H18N2S. The minimum atomic E-state index is 0.885. The van der Waals surface area contributed by atoms with Crippen LogP contribution in [-0.4, -0.2) is 4.98 Å². The first-order valence-corrected chi connectivity index (χ1v) is 6.76. The molecule has 0 saturated heterocycles. The smallest absolute Gasteiger partial charge is 0.0607 e. The van der Waals surface area contributed by atoms with Crippen molar-refractivity contribution in [1.82, 2.24) is 4.98 Å². The van der Waals surface area contributed by atoms with Crippen molar-refractivity contribution < 1.29 is 0 Å². The Balaban J connectivity index is 2.02. The highest BCUT2D eigenvalue weighted by Gasteiger charge is 2.01. The Labute approximate surface area is 107 Å². The maximum atomic E-state index is 4.45. The maximum Gasteiger partial charge on any atom is 0.0607 e. The van der Waals surface area contributed by atoms with E-state index in [1.165, 1.54) is 9.75 Å². The number of thiophene rings is 1. The summed E-state index contributed by atoms with van der Waals surface area (Å²) in [4.78, 5) is 7.27. The molecule has 0 unspecified atom stereocenters. The molecule has 0 bridgehead atoms. The fourth-order valence-corrected chi connectivity index (χ4v) is 2.66. The average Bonchev–Trinajstić information content (AvgIpc) is 2.76. The van der Waals surface area contributed by atoms with E-state index in [2.05, 4.69) is 35.4 Å². The van der Waals surface area contributed by atoms with Crippen molar-refractivity contribution in [1.29, 1.82) is 0 Å². The van der Waals surface area contributed by atoms with Crippen molar-refractivity contribution >= 4 is 17.0 Å². The Morgan fingerprint density at radius 1 is 1.12 bits per heavy atom. The van der Waals surface area contributed by atoms with E-state index in [0.717, 1.165) is 30.0 Å². The summed E-state index contributed by atoms with van der Waals surface area (Å²) in [5.41, 5.74) is 3.26. The van der Waals surface area contributed by atoms with Gasteiger partial charge in [0.1, 0.15) is 0 Å². The van der Waals surface area contributed by atoms with Crippen LogP contribution in [0, 0.1) is 13.8 Å². The molecule has 2 heterocycles. The number of hydrogen-bond donors (Lipinski definition) is 1. The fraction of sp³-hybridized carbons (Fsp3) is 0.357. The SMILES string of the molecule is CCc1ccc(CNc2ccc(C)nc2C)s1. The van der Waals surface area contributed by atoms with Gasteiger partial charge >= 0.3 is 0 Å². The summed E-state index contributed by atoms with van der Waals surface area (Å²) >= 11 is 1.88. The minimum absolute atomic E-state index is 0.885. The van der Waals surface area contributed by atoms with Crippen molar-refractivity contribution in [2.75, 3.05) is 5.32 Å². The van der Waals surface area contributed by atoms with Crippen LogP contribution >= 0.6 is 11.3 Å². The summed E-state index contributed by atoms with van der Waals surface area (Å²) in [7, 11) is 0. The highest BCUT2D eigenvalue weighted by Crippen LogP contribution is 2.19. The summed E-state index contributed by atoms with van der Waals surface area (Å²) in [6.45, 7) is 7.14. The zero-order valence-electron chi connectivity index (χ0n) is 10.6. The molecule has 0 fully saturated rings. The number of aryl methyl sites for hydroxylation is 3. The van der Waals surface area contributed by atoms with Gasteiger partial charge in [-0.05, 0) is 44.5 Å². The van der Waals surface area contributed by atoms with Gasteiger partial charge < -0.3 is 5.32 Å². The summed E-state index contributed by atoms with van der Waals surface area (Å²) in [6.07, 6.45) is 1.12. The van der Waals surface area contributed by atoms with E-state index in [1.54, 1.807) is 0 Å². The van der Waals surface area contributed by atoms with Crippen LogP contribution < -0.4 is 5.32 Å². The first-order valence-electron chi connectivity index (χ1n) is 5.94. The Morgan fingerprint density at radius 2 is 1.88 bits per heavy atom. The molecule has 0 saturated carbocycles. The normalized spacial score (nSPS) is 10.5. The number of pyridine rings is 1. The number of rotatable bonds is 4. The zero-order chi connectivity index (χ0) is 12.3. The van der Waals surface area contributed by atoms with Gasteiger partial charge in [0.2, 0.25) is 0 Å². The first kappa shape index (κ1) is 12.1. The molecule has 17 heavy (non-hydrogen) atoms. The number of nitrogens with one attached hydrogen (secondary N) is 1. The molecule has 0 amide bonds. The molecule has 1 N–H and O–H groups in total. The molecule has 0 aromatic carbocycles. The molecule has 0 radical (unpaired) electrons. The second-order valence-electron chi connectivity index (χ2n) is 4.16. The van der Waals surface area contributed by atoms with E-state index in [4.69, 9.17) is 0 Å². The highest BCUT2D eigenvalue weighted by atomic mass is 32.1. The van der Waals surface area contributed by atoms with Gasteiger partial charge in [-0.3, -0.25) is 4.98 Å². The molecule has 2 nitrogen and oxygen atoms in total. The molecule has 90 valence electrons. The van der Waals surface area contributed by atoms with Crippen LogP contribution in [0.25, 0.3) is 0 Å². The number of nitrogens with zero attached hydrogens (tertiary/aromatic N) is 1. The lowest BCUT2D eigenvalue weighted by Crippen LogP contribution is -2.01. The van der Waals surface area contributed by atoms with E-state index < -0.39 is 0 Å². The molecule has 0 aliphatic heterocycles. The fourth-order valence-electron chi connectivity index (χ4n) is 1.76. The van der Waals surface area contributed by atoms with E-state index in [9.17, 15) is 0 Å². The second-order valence-corrected chi connectivity index (χ2v) is 5.41. The van der Waals surface area contributed by atoms with Crippen LogP contribution in [0.3, 0.4) is 0 Å². The van der Waals surface area contributed by atoms with Gasteiger partial charge in [-0.1, -0.05) is 6.92 Å². The molecule has 2 aromatic rings. The predicted molar refractivity (Wildman–Crippen MR) is 74.7 cm³/mol. The monoisotopic (exact) mass is 246 g/mol. The number of anilines is 1. The van der Waals surface area contributed by atoms with Crippen molar-refractivity contribution in [2.24, 2.45) is 0 Å². The molecule has 0 spiro atoms. The van der Waals surface area contributed by atoms with Crippen LogP contribution in [-0.2, 0) is 13.0 Å². The lowest BCUT2D eigenvalue weighted by molar-refractivity contribution is 1.09.